The van der Waals surface area contributed by atoms with E-state index in [1.807, 2.05) is 0 Å². The summed E-state index contributed by atoms with van der Waals surface area (Å²) in [6.45, 7) is 1.49. The number of amides is 1. The van der Waals surface area contributed by atoms with Crippen LogP contribution >= 0.6 is 0 Å². The zero-order valence-corrected chi connectivity index (χ0v) is 16.3. The van der Waals surface area contributed by atoms with E-state index in [-0.39, 0.29) is 16.7 Å². The lowest BCUT2D eigenvalue weighted by Gasteiger charge is -2.25. The fraction of sp³-hybridized carbons (Fsp3) is 0.0833. The third-order valence-corrected chi connectivity index (χ3v) is 5.16. The van der Waals surface area contributed by atoms with E-state index in [1.54, 1.807) is 30.3 Å². The molecule has 0 spiro atoms. The first-order chi connectivity index (χ1) is 14.8. The summed E-state index contributed by atoms with van der Waals surface area (Å²) >= 11 is 0. The second kappa shape index (κ2) is 7.75. The van der Waals surface area contributed by atoms with Crippen LogP contribution < -0.4 is 4.90 Å². The van der Waals surface area contributed by atoms with Gasteiger partial charge in [-0.2, -0.15) is 0 Å². The van der Waals surface area contributed by atoms with E-state index in [1.165, 1.54) is 19.1 Å². The van der Waals surface area contributed by atoms with Crippen molar-refractivity contribution in [1.82, 2.24) is 0 Å². The van der Waals surface area contributed by atoms with E-state index in [2.05, 4.69) is 0 Å². The van der Waals surface area contributed by atoms with Gasteiger partial charge in [-0.3, -0.25) is 14.5 Å². The van der Waals surface area contributed by atoms with Gasteiger partial charge >= 0.3 is 0 Å². The van der Waals surface area contributed by atoms with Crippen LogP contribution in [0.3, 0.4) is 0 Å². The first kappa shape index (κ1) is 20.4. The van der Waals surface area contributed by atoms with Crippen LogP contribution in [0.2, 0.25) is 0 Å². The highest BCUT2D eigenvalue weighted by molar-refractivity contribution is 6.51. The highest BCUT2D eigenvalue weighted by Gasteiger charge is 2.47. The van der Waals surface area contributed by atoms with Crippen molar-refractivity contribution < 1.29 is 27.9 Å². The second-order valence-electron chi connectivity index (χ2n) is 7.14. The number of hydrogen-bond acceptors (Lipinski definition) is 3. The van der Waals surface area contributed by atoms with E-state index in [0.29, 0.717) is 5.56 Å². The molecule has 4 nitrogen and oxygen atoms in total. The molecule has 1 fully saturated rings. The number of nitrogens with zero attached hydrogens (tertiary/aromatic N) is 1. The molecule has 1 atom stereocenters. The topological polar surface area (TPSA) is 57.6 Å². The van der Waals surface area contributed by atoms with Crippen molar-refractivity contribution >= 4 is 23.1 Å². The molecule has 156 valence electrons. The van der Waals surface area contributed by atoms with Crippen molar-refractivity contribution in [2.75, 3.05) is 4.90 Å². The third-order valence-electron chi connectivity index (χ3n) is 5.16. The summed E-state index contributed by atoms with van der Waals surface area (Å²) in [5.74, 6) is -4.90. The van der Waals surface area contributed by atoms with Gasteiger partial charge in [0.15, 0.2) is 0 Å². The van der Waals surface area contributed by atoms with Crippen LogP contribution in [-0.4, -0.2) is 16.8 Å². The van der Waals surface area contributed by atoms with Crippen LogP contribution in [0.1, 0.15) is 22.7 Å². The van der Waals surface area contributed by atoms with Crippen LogP contribution in [-0.2, 0) is 9.59 Å². The Hall–Kier alpha value is -3.87. The number of benzene rings is 3. The fourth-order valence-corrected chi connectivity index (χ4v) is 3.65. The molecule has 0 bridgehead atoms. The zero-order chi connectivity index (χ0) is 22.3. The SMILES string of the molecule is Cc1cc(/C(O)=C2\C(=O)C(=O)N(c3cc(F)ccc3F)C2c2ccccc2)ccc1F. The Bertz CT molecular complexity index is 1240. The van der Waals surface area contributed by atoms with Gasteiger partial charge < -0.3 is 5.11 Å². The van der Waals surface area contributed by atoms with Gasteiger partial charge in [-0.05, 0) is 48.4 Å². The van der Waals surface area contributed by atoms with Crippen molar-refractivity contribution in [3.63, 3.8) is 0 Å². The Kier molecular flexibility index (Phi) is 5.10. The number of anilines is 1. The summed E-state index contributed by atoms with van der Waals surface area (Å²) in [6.07, 6.45) is 0. The molecule has 7 heteroatoms. The van der Waals surface area contributed by atoms with E-state index in [4.69, 9.17) is 0 Å². The highest BCUT2D eigenvalue weighted by Crippen LogP contribution is 2.43. The number of carbonyl (C=O) groups excluding carboxylic acids is 2. The van der Waals surface area contributed by atoms with Gasteiger partial charge in [-0.25, -0.2) is 13.2 Å². The quantitative estimate of drug-likeness (QED) is 0.365. The maximum absolute atomic E-state index is 14.6. The second-order valence-corrected chi connectivity index (χ2v) is 7.14. The lowest BCUT2D eigenvalue weighted by molar-refractivity contribution is -0.132. The molecule has 4 rings (SSSR count). The average molecular weight is 423 g/mol. The van der Waals surface area contributed by atoms with Crippen LogP contribution in [0.25, 0.3) is 5.76 Å². The first-order valence-corrected chi connectivity index (χ1v) is 9.37. The van der Waals surface area contributed by atoms with Gasteiger partial charge in [0.2, 0.25) is 0 Å². The van der Waals surface area contributed by atoms with Crippen molar-refractivity contribution in [3.8, 4) is 0 Å². The van der Waals surface area contributed by atoms with Crippen LogP contribution in [0, 0.1) is 24.4 Å². The van der Waals surface area contributed by atoms with E-state index < -0.39 is 46.6 Å². The Morgan fingerprint density at radius 1 is 0.903 bits per heavy atom. The molecule has 1 N–H and O–H groups in total. The molecule has 31 heavy (non-hydrogen) atoms. The molecular weight excluding hydrogens is 407 g/mol. The highest BCUT2D eigenvalue weighted by atomic mass is 19.1. The van der Waals surface area contributed by atoms with Crippen LogP contribution in [0.4, 0.5) is 18.9 Å². The Morgan fingerprint density at radius 2 is 1.58 bits per heavy atom. The van der Waals surface area contributed by atoms with E-state index in [0.717, 1.165) is 29.2 Å². The molecule has 1 aliphatic rings. The summed E-state index contributed by atoms with van der Waals surface area (Å²) in [7, 11) is 0. The van der Waals surface area contributed by atoms with Crippen LogP contribution in [0.5, 0.6) is 0 Å². The number of aliphatic hydroxyl groups excluding tert-OH is 1. The zero-order valence-electron chi connectivity index (χ0n) is 16.3. The van der Waals surface area contributed by atoms with Crippen molar-refractivity contribution in [2.24, 2.45) is 0 Å². The maximum Gasteiger partial charge on any atom is 0.300 e. The monoisotopic (exact) mass is 423 g/mol. The molecule has 1 unspecified atom stereocenters. The third kappa shape index (κ3) is 3.48. The number of rotatable bonds is 3. The minimum atomic E-state index is -1.21. The Labute approximate surface area is 175 Å². The number of carbonyl (C=O) groups is 2. The predicted molar refractivity (Wildman–Crippen MR) is 109 cm³/mol. The standard InChI is InChI=1S/C24H16F3NO3/c1-13-11-15(7-9-17(13)26)22(29)20-21(14-5-3-2-4-6-14)28(24(31)23(20)30)19-12-16(25)8-10-18(19)27/h2-12,21,29H,1H3/b22-20+. The molecule has 0 radical (unpaired) electrons. The average Bonchev–Trinajstić information content (AvgIpc) is 3.02. The maximum atomic E-state index is 14.6. The van der Waals surface area contributed by atoms with Crippen molar-refractivity contribution in [3.05, 3.63) is 106 Å². The lowest BCUT2D eigenvalue weighted by Crippen LogP contribution is -2.30. The van der Waals surface area contributed by atoms with E-state index in [9.17, 15) is 27.9 Å². The van der Waals surface area contributed by atoms with Gasteiger partial charge in [-0.1, -0.05) is 30.3 Å². The Balaban J connectivity index is 1.98. The molecule has 0 saturated carbocycles. The molecule has 1 heterocycles. The molecule has 0 aliphatic carbocycles. The Morgan fingerprint density at radius 3 is 2.26 bits per heavy atom. The number of aliphatic hydroxyl groups is 1. The number of halogens is 3. The minimum Gasteiger partial charge on any atom is -0.507 e. The molecule has 3 aromatic carbocycles. The van der Waals surface area contributed by atoms with Crippen molar-refractivity contribution in [2.45, 2.75) is 13.0 Å². The summed E-state index contributed by atoms with van der Waals surface area (Å²) < 4.78 is 42.1. The van der Waals surface area contributed by atoms with Gasteiger partial charge in [0.05, 0.1) is 17.3 Å². The summed E-state index contributed by atoms with van der Waals surface area (Å²) in [5, 5.41) is 10.9. The molecule has 1 aliphatic heterocycles. The summed E-state index contributed by atoms with van der Waals surface area (Å²) in [4.78, 5) is 26.7. The largest absolute Gasteiger partial charge is 0.507 e. The lowest BCUT2D eigenvalue weighted by atomic mass is 9.94. The van der Waals surface area contributed by atoms with Gasteiger partial charge in [-0.15, -0.1) is 0 Å². The summed E-state index contributed by atoms with van der Waals surface area (Å²) in [5.41, 5.74) is 0.0326. The smallest absolute Gasteiger partial charge is 0.300 e. The molecule has 3 aromatic rings. The molecule has 0 aromatic heterocycles. The van der Waals surface area contributed by atoms with Gasteiger partial charge in [0, 0.05) is 11.6 Å². The number of ketones is 1. The summed E-state index contributed by atoms with van der Waals surface area (Å²) in [6, 6.07) is 13.3. The van der Waals surface area contributed by atoms with E-state index >= 15 is 0 Å². The number of Topliss-reactive ketones (excluding diaryl/α,β-unsaturated/α-hetero) is 1. The normalized spacial score (nSPS) is 17.9. The fourth-order valence-electron chi connectivity index (χ4n) is 3.65. The van der Waals surface area contributed by atoms with Gasteiger partial charge in [0.1, 0.15) is 23.2 Å². The number of aryl methyl sites for hydroxylation is 1. The van der Waals surface area contributed by atoms with Crippen LogP contribution in [0.15, 0.2) is 72.3 Å². The first-order valence-electron chi connectivity index (χ1n) is 9.37. The minimum absolute atomic E-state index is 0.123. The molecular formula is C24H16F3NO3. The molecule has 1 amide bonds. The number of hydrogen-bond donors (Lipinski definition) is 1. The molecule has 1 saturated heterocycles. The predicted octanol–water partition coefficient (Wildman–Crippen LogP) is 5.04. The van der Waals surface area contributed by atoms with Gasteiger partial charge in [0.25, 0.3) is 11.7 Å². The van der Waals surface area contributed by atoms with Crippen molar-refractivity contribution in [1.29, 1.82) is 0 Å².